The van der Waals surface area contributed by atoms with Crippen molar-refractivity contribution in [3.8, 4) is 0 Å². The molecule has 1 aromatic rings. The van der Waals surface area contributed by atoms with E-state index in [0.717, 1.165) is 0 Å². The molecule has 3 heteroatoms. The first-order valence-corrected chi connectivity index (χ1v) is 5.67. The second-order valence-corrected chi connectivity index (χ2v) is 4.14. The van der Waals surface area contributed by atoms with Gasteiger partial charge < -0.3 is 0 Å². The average molecular weight is 231 g/mol. The Bertz CT molecular complexity index is 479. The number of allylic oxidation sites excluding steroid dienone is 1. The predicted octanol–water partition coefficient (Wildman–Crippen LogP) is 2.73. The van der Waals surface area contributed by atoms with Gasteiger partial charge in [-0.15, -0.1) is 0 Å². The SMILES string of the molecule is CCC1(C(=O)Cc2cccc(F)c2)C=CC=N1. The number of rotatable bonds is 4. The van der Waals surface area contributed by atoms with E-state index in [1.165, 1.54) is 12.1 Å². The Hall–Kier alpha value is -1.77. The monoisotopic (exact) mass is 231 g/mol. The number of carbonyl (C=O) groups excluding carboxylic acids is 1. The van der Waals surface area contributed by atoms with Crippen molar-refractivity contribution in [3.05, 3.63) is 47.8 Å². The van der Waals surface area contributed by atoms with Gasteiger partial charge in [-0.1, -0.05) is 19.1 Å². The second-order valence-electron chi connectivity index (χ2n) is 4.14. The topological polar surface area (TPSA) is 29.4 Å². The van der Waals surface area contributed by atoms with Crippen molar-refractivity contribution in [2.75, 3.05) is 0 Å². The van der Waals surface area contributed by atoms with Gasteiger partial charge in [0.05, 0.1) is 0 Å². The standard InChI is InChI=1S/C14H14FNO/c1-2-14(7-4-8-16-14)13(17)10-11-5-3-6-12(15)9-11/h3-9H,2,10H2,1H3. The molecule has 0 saturated carbocycles. The summed E-state index contributed by atoms with van der Waals surface area (Å²) in [6, 6.07) is 6.14. The minimum Gasteiger partial charge on any atom is -0.296 e. The first-order valence-electron chi connectivity index (χ1n) is 5.67. The molecule has 0 aromatic heterocycles. The lowest BCUT2D eigenvalue weighted by Crippen LogP contribution is -2.33. The fourth-order valence-corrected chi connectivity index (χ4v) is 1.98. The Balaban J connectivity index is 2.17. The number of carbonyl (C=O) groups is 1. The summed E-state index contributed by atoms with van der Waals surface area (Å²) in [5.41, 5.74) is -0.0370. The Morgan fingerprint density at radius 3 is 2.88 bits per heavy atom. The second kappa shape index (κ2) is 4.62. The Morgan fingerprint density at radius 2 is 2.29 bits per heavy atom. The molecule has 2 rings (SSSR count). The van der Waals surface area contributed by atoms with Gasteiger partial charge in [-0.3, -0.25) is 9.79 Å². The summed E-state index contributed by atoms with van der Waals surface area (Å²) in [6.07, 6.45) is 6.09. The zero-order valence-electron chi connectivity index (χ0n) is 9.69. The highest BCUT2D eigenvalue weighted by atomic mass is 19.1. The van der Waals surface area contributed by atoms with E-state index in [9.17, 15) is 9.18 Å². The van der Waals surface area contributed by atoms with Crippen molar-refractivity contribution in [2.45, 2.75) is 25.3 Å². The molecule has 0 radical (unpaired) electrons. The normalized spacial score (nSPS) is 22.0. The van der Waals surface area contributed by atoms with E-state index in [4.69, 9.17) is 0 Å². The van der Waals surface area contributed by atoms with E-state index in [0.29, 0.717) is 12.0 Å². The van der Waals surface area contributed by atoms with Crippen LogP contribution in [0.25, 0.3) is 0 Å². The van der Waals surface area contributed by atoms with Crippen LogP contribution in [0.1, 0.15) is 18.9 Å². The van der Waals surface area contributed by atoms with Crippen molar-refractivity contribution in [1.82, 2.24) is 0 Å². The molecule has 1 aliphatic rings. The maximum Gasteiger partial charge on any atom is 0.168 e. The molecule has 0 bridgehead atoms. The third kappa shape index (κ3) is 2.33. The van der Waals surface area contributed by atoms with Gasteiger partial charge in [0.25, 0.3) is 0 Å². The zero-order chi connectivity index (χ0) is 12.3. The van der Waals surface area contributed by atoms with E-state index in [1.54, 1.807) is 24.4 Å². The summed E-state index contributed by atoms with van der Waals surface area (Å²) in [4.78, 5) is 16.4. The average Bonchev–Trinajstić information content (AvgIpc) is 2.78. The molecule has 1 unspecified atom stereocenters. The fourth-order valence-electron chi connectivity index (χ4n) is 1.98. The molecule has 88 valence electrons. The Kier molecular flexibility index (Phi) is 3.18. The summed E-state index contributed by atoms with van der Waals surface area (Å²) in [6.45, 7) is 1.93. The molecule has 1 aromatic carbocycles. The lowest BCUT2D eigenvalue weighted by atomic mass is 9.88. The predicted molar refractivity (Wildman–Crippen MR) is 65.8 cm³/mol. The zero-order valence-corrected chi connectivity index (χ0v) is 9.69. The molecular weight excluding hydrogens is 217 g/mol. The quantitative estimate of drug-likeness (QED) is 0.783. The fraction of sp³-hybridized carbons (Fsp3) is 0.286. The van der Waals surface area contributed by atoms with E-state index in [2.05, 4.69) is 4.99 Å². The van der Waals surface area contributed by atoms with Crippen LogP contribution >= 0.6 is 0 Å². The summed E-state index contributed by atoms with van der Waals surface area (Å²) in [5, 5.41) is 0. The highest BCUT2D eigenvalue weighted by Gasteiger charge is 2.33. The minimum atomic E-state index is -0.730. The van der Waals surface area contributed by atoms with Crippen LogP contribution in [-0.4, -0.2) is 17.5 Å². The number of benzene rings is 1. The highest BCUT2D eigenvalue weighted by Crippen LogP contribution is 2.24. The molecule has 0 N–H and O–H groups in total. The third-order valence-electron chi connectivity index (χ3n) is 3.04. The first kappa shape index (κ1) is 11.7. The van der Waals surface area contributed by atoms with Gasteiger partial charge in [-0.25, -0.2) is 4.39 Å². The van der Waals surface area contributed by atoms with Gasteiger partial charge in [-0.05, 0) is 36.3 Å². The summed E-state index contributed by atoms with van der Waals surface area (Å²) in [5.74, 6) is -0.304. The highest BCUT2D eigenvalue weighted by molar-refractivity contribution is 5.97. The van der Waals surface area contributed by atoms with Gasteiger partial charge >= 0.3 is 0 Å². The molecule has 0 aliphatic carbocycles. The van der Waals surface area contributed by atoms with E-state index >= 15 is 0 Å². The van der Waals surface area contributed by atoms with Crippen LogP contribution < -0.4 is 0 Å². The van der Waals surface area contributed by atoms with Gasteiger partial charge in [0, 0.05) is 12.6 Å². The van der Waals surface area contributed by atoms with Crippen LogP contribution in [0, 0.1) is 5.82 Å². The minimum absolute atomic E-state index is 0.00981. The van der Waals surface area contributed by atoms with Crippen LogP contribution in [0.4, 0.5) is 4.39 Å². The number of hydrogen-bond donors (Lipinski definition) is 0. The maximum atomic E-state index is 13.0. The Morgan fingerprint density at radius 1 is 1.47 bits per heavy atom. The lowest BCUT2D eigenvalue weighted by Gasteiger charge is -2.20. The van der Waals surface area contributed by atoms with Crippen molar-refractivity contribution in [3.63, 3.8) is 0 Å². The largest absolute Gasteiger partial charge is 0.296 e. The van der Waals surface area contributed by atoms with Crippen LogP contribution in [-0.2, 0) is 11.2 Å². The van der Waals surface area contributed by atoms with Crippen molar-refractivity contribution in [1.29, 1.82) is 0 Å². The molecule has 1 aliphatic heterocycles. The number of hydrogen-bond acceptors (Lipinski definition) is 2. The number of nitrogens with zero attached hydrogens (tertiary/aromatic N) is 1. The first-order chi connectivity index (χ1) is 8.16. The van der Waals surface area contributed by atoms with Crippen LogP contribution in [0.3, 0.4) is 0 Å². The van der Waals surface area contributed by atoms with Crippen LogP contribution in [0.5, 0.6) is 0 Å². The molecule has 1 heterocycles. The number of aliphatic imine (C=N–C) groups is 1. The van der Waals surface area contributed by atoms with Crippen LogP contribution in [0.15, 0.2) is 41.4 Å². The third-order valence-corrected chi connectivity index (χ3v) is 3.04. The number of ketones is 1. The van der Waals surface area contributed by atoms with Crippen molar-refractivity contribution >= 4 is 12.0 Å². The molecular formula is C14H14FNO. The maximum absolute atomic E-state index is 13.0. The molecule has 0 spiro atoms. The van der Waals surface area contributed by atoms with Crippen LogP contribution in [0.2, 0.25) is 0 Å². The van der Waals surface area contributed by atoms with Gasteiger partial charge in [-0.2, -0.15) is 0 Å². The molecule has 17 heavy (non-hydrogen) atoms. The lowest BCUT2D eigenvalue weighted by molar-refractivity contribution is -0.121. The Labute approximate surface area is 99.9 Å². The van der Waals surface area contributed by atoms with E-state index in [1.807, 2.05) is 13.0 Å². The van der Waals surface area contributed by atoms with Gasteiger partial charge in [0.2, 0.25) is 0 Å². The van der Waals surface area contributed by atoms with Crippen molar-refractivity contribution in [2.24, 2.45) is 4.99 Å². The van der Waals surface area contributed by atoms with Gasteiger partial charge in [0.1, 0.15) is 11.4 Å². The van der Waals surface area contributed by atoms with Gasteiger partial charge in [0.15, 0.2) is 5.78 Å². The summed E-state index contributed by atoms with van der Waals surface area (Å²) < 4.78 is 13.0. The molecule has 0 saturated heterocycles. The van der Waals surface area contributed by atoms with E-state index < -0.39 is 5.54 Å². The number of Topliss-reactive ketones (excluding diaryl/α,β-unsaturated/α-hetero) is 1. The molecule has 2 nitrogen and oxygen atoms in total. The van der Waals surface area contributed by atoms with Crippen molar-refractivity contribution < 1.29 is 9.18 Å². The van der Waals surface area contributed by atoms with E-state index in [-0.39, 0.29) is 18.0 Å². The smallest absolute Gasteiger partial charge is 0.168 e. The number of halogens is 1. The summed E-state index contributed by atoms with van der Waals surface area (Å²) >= 11 is 0. The molecule has 0 fully saturated rings. The summed E-state index contributed by atoms with van der Waals surface area (Å²) in [7, 11) is 0. The molecule has 0 amide bonds. The molecule has 1 atom stereocenters.